The SMILES string of the molecule is CC(C)(C)C(=C=CBr)C(C)(C)C. The molecule has 0 nitrogen and oxygen atoms in total. The molecule has 0 aliphatic rings. The van der Waals surface area contributed by atoms with E-state index >= 15 is 0 Å². The van der Waals surface area contributed by atoms with Crippen LogP contribution in [0, 0.1) is 10.8 Å². The van der Waals surface area contributed by atoms with Crippen LogP contribution in [0.25, 0.3) is 0 Å². The maximum Gasteiger partial charge on any atom is 0.0231 e. The normalized spacial score (nSPS) is 12.2. The lowest BCUT2D eigenvalue weighted by Gasteiger charge is -2.31. The summed E-state index contributed by atoms with van der Waals surface area (Å²) in [6.45, 7) is 13.3. The molecule has 0 amide bonds. The molecule has 0 radical (unpaired) electrons. The first-order chi connectivity index (χ1) is 5.19. The van der Waals surface area contributed by atoms with Crippen LogP contribution < -0.4 is 0 Å². The predicted octanol–water partition coefficient (Wildman–Crippen LogP) is 4.51. The second-order valence-electron chi connectivity index (χ2n) is 5.13. The van der Waals surface area contributed by atoms with Crippen molar-refractivity contribution in [2.24, 2.45) is 10.8 Å². The van der Waals surface area contributed by atoms with Gasteiger partial charge in [0.05, 0.1) is 0 Å². The molecule has 0 aromatic rings. The first kappa shape index (κ1) is 12.0. The number of hydrogen-bond acceptors (Lipinski definition) is 0. The van der Waals surface area contributed by atoms with Crippen LogP contribution in [0.4, 0.5) is 0 Å². The van der Waals surface area contributed by atoms with Crippen molar-refractivity contribution < 1.29 is 0 Å². The molecule has 0 aliphatic heterocycles. The Morgan fingerprint density at radius 2 is 1.33 bits per heavy atom. The monoisotopic (exact) mass is 230 g/mol. The zero-order chi connectivity index (χ0) is 9.99. The zero-order valence-corrected chi connectivity index (χ0v) is 10.5. The minimum Gasteiger partial charge on any atom is -0.113 e. The van der Waals surface area contributed by atoms with Crippen molar-refractivity contribution in [3.63, 3.8) is 0 Å². The van der Waals surface area contributed by atoms with Gasteiger partial charge in [0, 0.05) is 4.99 Å². The molecule has 0 atom stereocenters. The molecular formula is C11H19Br. The van der Waals surface area contributed by atoms with E-state index in [9.17, 15) is 0 Å². The third-order valence-corrected chi connectivity index (χ3v) is 1.93. The molecule has 0 saturated carbocycles. The molecule has 0 spiro atoms. The standard InChI is InChI=1S/C11H19Br/c1-10(2,3)9(7-8-12)11(4,5)6/h8H,1-6H3. The lowest BCUT2D eigenvalue weighted by molar-refractivity contribution is 0.363. The maximum atomic E-state index is 3.28. The van der Waals surface area contributed by atoms with Gasteiger partial charge in [-0.15, -0.1) is 5.73 Å². The molecule has 0 bridgehead atoms. The Kier molecular flexibility index (Phi) is 3.81. The number of rotatable bonds is 0. The van der Waals surface area contributed by atoms with E-state index in [1.54, 1.807) is 0 Å². The summed E-state index contributed by atoms with van der Waals surface area (Å²) in [6, 6.07) is 0. The summed E-state index contributed by atoms with van der Waals surface area (Å²) in [4.78, 5) is 1.82. The maximum absolute atomic E-state index is 3.28. The smallest absolute Gasteiger partial charge is 0.0231 e. The highest BCUT2D eigenvalue weighted by atomic mass is 79.9. The van der Waals surface area contributed by atoms with Gasteiger partial charge < -0.3 is 0 Å². The highest BCUT2D eigenvalue weighted by molar-refractivity contribution is 9.11. The molecular weight excluding hydrogens is 212 g/mol. The van der Waals surface area contributed by atoms with E-state index in [0.29, 0.717) is 0 Å². The minimum absolute atomic E-state index is 0.197. The summed E-state index contributed by atoms with van der Waals surface area (Å²) < 4.78 is 0. The average Bonchev–Trinajstić information content (AvgIpc) is 1.77. The topological polar surface area (TPSA) is 0 Å². The molecule has 1 heteroatoms. The minimum atomic E-state index is 0.197. The van der Waals surface area contributed by atoms with Crippen molar-refractivity contribution >= 4 is 15.9 Å². The van der Waals surface area contributed by atoms with Crippen molar-refractivity contribution in [3.05, 3.63) is 16.3 Å². The Labute approximate surface area is 84.9 Å². The Bertz CT molecular complexity index is 188. The van der Waals surface area contributed by atoms with Gasteiger partial charge in [-0.1, -0.05) is 57.5 Å². The number of hydrogen-bond donors (Lipinski definition) is 0. The summed E-state index contributed by atoms with van der Waals surface area (Å²) >= 11 is 3.28. The van der Waals surface area contributed by atoms with Gasteiger partial charge in [-0.3, -0.25) is 0 Å². The van der Waals surface area contributed by atoms with Crippen LogP contribution in [0.1, 0.15) is 41.5 Å². The zero-order valence-electron chi connectivity index (χ0n) is 8.96. The molecule has 0 aliphatic carbocycles. The van der Waals surface area contributed by atoms with Crippen molar-refractivity contribution in [2.75, 3.05) is 0 Å². The summed E-state index contributed by atoms with van der Waals surface area (Å²) in [5.74, 6) is 0. The predicted molar refractivity (Wildman–Crippen MR) is 59.4 cm³/mol. The van der Waals surface area contributed by atoms with Gasteiger partial charge in [-0.05, 0) is 16.4 Å². The molecule has 0 aromatic carbocycles. The van der Waals surface area contributed by atoms with E-state index < -0.39 is 0 Å². The molecule has 0 N–H and O–H groups in total. The highest BCUT2D eigenvalue weighted by Gasteiger charge is 2.27. The van der Waals surface area contributed by atoms with E-state index in [1.807, 2.05) is 4.99 Å². The molecule has 0 rings (SSSR count). The van der Waals surface area contributed by atoms with E-state index in [1.165, 1.54) is 5.57 Å². The van der Waals surface area contributed by atoms with Crippen molar-refractivity contribution in [1.82, 2.24) is 0 Å². The second-order valence-corrected chi connectivity index (χ2v) is 5.59. The molecule has 12 heavy (non-hydrogen) atoms. The molecule has 0 aromatic heterocycles. The summed E-state index contributed by atoms with van der Waals surface area (Å²) in [7, 11) is 0. The lowest BCUT2D eigenvalue weighted by Crippen LogP contribution is -2.21. The number of halogens is 1. The lowest BCUT2D eigenvalue weighted by atomic mass is 9.72. The fraction of sp³-hybridized carbons (Fsp3) is 0.727. The Morgan fingerprint density at radius 1 is 1.00 bits per heavy atom. The van der Waals surface area contributed by atoms with E-state index in [0.717, 1.165) is 0 Å². The molecule has 0 heterocycles. The summed E-state index contributed by atoms with van der Waals surface area (Å²) in [6.07, 6.45) is 0. The molecule has 70 valence electrons. The number of allylic oxidation sites excluding steroid dienone is 1. The largest absolute Gasteiger partial charge is 0.113 e. The van der Waals surface area contributed by atoms with Crippen LogP contribution in [0.2, 0.25) is 0 Å². The second kappa shape index (κ2) is 3.81. The fourth-order valence-electron chi connectivity index (χ4n) is 1.61. The average molecular weight is 231 g/mol. The Hall–Kier alpha value is 0. The van der Waals surface area contributed by atoms with Gasteiger partial charge in [0.2, 0.25) is 0 Å². The van der Waals surface area contributed by atoms with Gasteiger partial charge >= 0.3 is 0 Å². The van der Waals surface area contributed by atoms with E-state index in [-0.39, 0.29) is 10.8 Å². The highest BCUT2D eigenvalue weighted by Crippen LogP contribution is 2.38. The van der Waals surface area contributed by atoms with Crippen LogP contribution in [0.15, 0.2) is 16.3 Å². The third-order valence-electron chi connectivity index (χ3n) is 1.70. The quantitative estimate of drug-likeness (QED) is 0.538. The van der Waals surface area contributed by atoms with Gasteiger partial charge in [0.25, 0.3) is 0 Å². The molecule has 0 unspecified atom stereocenters. The van der Waals surface area contributed by atoms with Crippen LogP contribution in [-0.2, 0) is 0 Å². The Balaban J connectivity index is 5.12. The molecule has 0 fully saturated rings. The van der Waals surface area contributed by atoms with Gasteiger partial charge in [0.15, 0.2) is 0 Å². The Morgan fingerprint density at radius 3 is 1.42 bits per heavy atom. The van der Waals surface area contributed by atoms with Gasteiger partial charge in [0.1, 0.15) is 0 Å². The van der Waals surface area contributed by atoms with Gasteiger partial charge in [-0.25, -0.2) is 0 Å². The summed E-state index contributed by atoms with van der Waals surface area (Å²) in [5.41, 5.74) is 5.00. The van der Waals surface area contributed by atoms with Crippen LogP contribution in [0.3, 0.4) is 0 Å². The van der Waals surface area contributed by atoms with Crippen molar-refractivity contribution in [1.29, 1.82) is 0 Å². The van der Waals surface area contributed by atoms with E-state index in [2.05, 4.69) is 63.2 Å². The molecule has 0 saturated heterocycles. The first-order valence-electron chi connectivity index (χ1n) is 4.26. The van der Waals surface area contributed by atoms with Gasteiger partial charge in [-0.2, -0.15) is 0 Å². The first-order valence-corrected chi connectivity index (χ1v) is 5.17. The van der Waals surface area contributed by atoms with Crippen LogP contribution >= 0.6 is 15.9 Å². The van der Waals surface area contributed by atoms with Crippen LogP contribution in [0.5, 0.6) is 0 Å². The fourth-order valence-corrected chi connectivity index (χ4v) is 1.84. The van der Waals surface area contributed by atoms with E-state index in [4.69, 9.17) is 0 Å². The van der Waals surface area contributed by atoms with Crippen molar-refractivity contribution in [2.45, 2.75) is 41.5 Å². The van der Waals surface area contributed by atoms with Crippen molar-refractivity contribution in [3.8, 4) is 0 Å². The summed E-state index contributed by atoms with van der Waals surface area (Å²) in [5, 5.41) is 0. The third kappa shape index (κ3) is 3.60. The van der Waals surface area contributed by atoms with Crippen LogP contribution in [-0.4, -0.2) is 0 Å².